The van der Waals surface area contributed by atoms with Crippen LogP contribution in [0.15, 0.2) is 84.2 Å². The van der Waals surface area contributed by atoms with Gasteiger partial charge in [0.25, 0.3) is 11.5 Å². The Morgan fingerprint density at radius 2 is 1.90 bits per heavy atom. The predicted molar refractivity (Wildman–Crippen MR) is 153 cm³/mol. The molecular weight excluding hydrogens is 506 g/mol. The number of carbonyl (C=O) groups excluding carboxylic acids is 1. The summed E-state index contributed by atoms with van der Waals surface area (Å²) < 4.78 is 4.70. The van der Waals surface area contributed by atoms with Crippen LogP contribution in [0.2, 0.25) is 0 Å². The van der Waals surface area contributed by atoms with Crippen LogP contribution in [0, 0.1) is 0 Å². The van der Waals surface area contributed by atoms with E-state index in [0.717, 1.165) is 11.1 Å². The molecule has 0 aliphatic carbocycles. The van der Waals surface area contributed by atoms with Crippen molar-refractivity contribution in [3.63, 3.8) is 0 Å². The third kappa shape index (κ3) is 4.39. The maximum atomic E-state index is 14.2. The van der Waals surface area contributed by atoms with E-state index in [1.165, 1.54) is 9.08 Å². The van der Waals surface area contributed by atoms with Gasteiger partial charge in [-0.1, -0.05) is 42.5 Å². The summed E-state index contributed by atoms with van der Waals surface area (Å²) in [6.07, 6.45) is 10.6. The highest BCUT2D eigenvalue weighted by Crippen LogP contribution is 2.23. The van der Waals surface area contributed by atoms with Gasteiger partial charge in [-0.2, -0.15) is 5.10 Å². The van der Waals surface area contributed by atoms with Gasteiger partial charge < -0.3 is 11.1 Å². The van der Waals surface area contributed by atoms with Crippen LogP contribution in [0.1, 0.15) is 40.3 Å². The number of para-hydroxylation sites is 1. The van der Waals surface area contributed by atoms with Crippen LogP contribution >= 0.6 is 0 Å². The van der Waals surface area contributed by atoms with Crippen molar-refractivity contribution in [1.82, 2.24) is 39.2 Å². The molecule has 1 amide bonds. The molecule has 0 unspecified atom stereocenters. The first-order valence-electron chi connectivity index (χ1n) is 12.6. The number of nitrogens with zero attached hydrogens (tertiary/aromatic N) is 7. The number of aryl methyl sites for hydroxylation is 1. The minimum atomic E-state index is -0.669. The number of fused-ring (bicyclic) bond motifs is 2. The molecule has 0 radical (unpaired) electrons. The number of nitrogens with two attached hydrogens (primary N) is 1. The van der Waals surface area contributed by atoms with Gasteiger partial charge in [0.2, 0.25) is 0 Å². The maximum absolute atomic E-state index is 14.2. The Labute approximate surface area is 228 Å². The average Bonchev–Trinajstić information content (AvgIpc) is 3.53. The SMILES string of the molecule is C[C@H](NC(=O)c1c(N)nn2cccnc12)c1nc2cccc(/C=C/c3cnn(C)c3)c2c(=O)n1-c1ccccc1. The van der Waals surface area contributed by atoms with E-state index in [2.05, 4.69) is 20.5 Å². The quantitative estimate of drug-likeness (QED) is 0.336. The van der Waals surface area contributed by atoms with E-state index in [1.807, 2.05) is 67.9 Å². The molecular formula is C29H25N9O2. The molecule has 11 heteroatoms. The lowest BCUT2D eigenvalue weighted by atomic mass is 10.1. The van der Waals surface area contributed by atoms with Gasteiger partial charge >= 0.3 is 0 Å². The van der Waals surface area contributed by atoms with E-state index >= 15 is 0 Å². The Morgan fingerprint density at radius 3 is 2.67 bits per heavy atom. The fourth-order valence-electron chi connectivity index (χ4n) is 4.70. The third-order valence-electron chi connectivity index (χ3n) is 6.53. The Morgan fingerprint density at radius 1 is 1.07 bits per heavy atom. The van der Waals surface area contributed by atoms with Crippen LogP contribution < -0.4 is 16.6 Å². The zero-order valence-corrected chi connectivity index (χ0v) is 21.8. The molecule has 6 aromatic rings. The highest BCUT2D eigenvalue weighted by atomic mass is 16.2. The summed E-state index contributed by atoms with van der Waals surface area (Å²) in [5.74, 6) is -0.0466. The average molecular weight is 532 g/mol. The first-order chi connectivity index (χ1) is 19.4. The molecule has 198 valence electrons. The van der Waals surface area contributed by atoms with Crippen molar-refractivity contribution in [3.05, 3.63) is 112 Å². The van der Waals surface area contributed by atoms with E-state index in [9.17, 15) is 9.59 Å². The largest absolute Gasteiger partial charge is 0.381 e. The van der Waals surface area contributed by atoms with Gasteiger partial charge in [0, 0.05) is 31.2 Å². The molecule has 0 spiro atoms. The summed E-state index contributed by atoms with van der Waals surface area (Å²) in [4.78, 5) is 36.7. The monoisotopic (exact) mass is 531 g/mol. The molecule has 6 rings (SSSR count). The Hall–Kier alpha value is -5.58. The number of rotatable bonds is 6. The summed E-state index contributed by atoms with van der Waals surface area (Å²) in [5.41, 5.74) is 9.07. The fraction of sp³-hybridized carbons (Fsp3) is 0.103. The normalized spacial score (nSPS) is 12.3. The molecule has 2 aromatic carbocycles. The topological polar surface area (TPSA) is 138 Å². The predicted octanol–water partition coefficient (Wildman–Crippen LogP) is 3.41. The highest BCUT2D eigenvalue weighted by molar-refractivity contribution is 6.04. The zero-order valence-electron chi connectivity index (χ0n) is 21.8. The van der Waals surface area contributed by atoms with Crippen molar-refractivity contribution in [1.29, 1.82) is 0 Å². The van der Waals surface area contributed by atoms with E-state index in [0.29, 0.717) is 28.1 Å². The van der Waals surface area contributed by atoms with E-state index in [4.69, 9.17) is 10.7 Å². The van der Waals surface area contributed by atoms with Crippen molar-refractivity contribution in [3.8, 4) is 5.69 Å². The molecule has 3 N–H and O–H groups in total. The first-order valence-corrected chi connectivity index (χ1v) is 12.6. The summed E-state index contributed by atoms with van der Waals surface area (Å²) in [6, 6.07) is 15.8. The molecule has 0 aliphatic rings. The number of amides is 1. The standard InChI is InChI=1S/C29H25N9O2/c1-18(33-28(39)24-25(30)35-37-15-7-14-31-27(24)37)26-34-22-11-6-8-20(13-12-19-16-32-36(2)17-19)23(22)29(40)38(26)21-9-4-3-5-10-21/h3-18H,1-2H3,(H2,30,35)(H,33,39)/b13-12+/t18-/m0/s1. The molecule has 0 bridgehead atoms. The molecule has 11 nitrogen and oxygen atoms in total. The molecule has 40 heavy (non-hydrogen) atoms. The van der Waals surface area contributed by atoms with Crippen LogP contribution in [0.3, 0.4) is 0 Å². The minimum Gasteiger partial charge on any atom is -0.381 e. The van der Waals surface area contributed by atoms with Crippen LogP contribution in [0.25, 0.3) is 34.4 Å². The Bertz CT molecular complexity index is 1970. The van der Waals surface area contributed by atoms with Crippen molar-refractivity contribution in [2.24, 2.45) is 7.05 Å². The number of nitrogen functional groups attached to an aromatic ring is 1. The molecule has 4 aromatic heterocycles. The molecule has 1 atom stereocenters. The lowest BCUT2D eigenvalue weighted by molar-refractivity contribution is 0.0940. The van der Waals surface area contributed by atoms with Gasteiger partial charge in [-0.3, -0.25) is 18.8 Å². The fourth-order valence-corrected chi connectivity index (χ4v) is 4.70. The van der Waals surface area contributed by atoms with E-state index in [1.54, 1.807) is 42.3 Å². The van der Waals surface area contributed by atoms with Crippen LogP contribution in [-0.2, 0) is 7.05 Å². The van der Waals surface area contributed by atoms with Gasteiger partial charge in [0.15, 0.2) is 11.5 Å². The van der Waals surface area contributed by atoms with Crippen molar-refractivity contribution >= 4 is 40.4 Å². The number of benzene rings is 2. The number of hydrogen-bond acceptors (Lipinski definition) is 7. The van der Waals surface area contributed by atoms with Crippen molar-refractivity contribution < 1.29 is 4.79 Å². The minimum absolute atomic E-state index is 0.0559. The van der Waals surface area contributed by atoms with E-state index < -0.39 is 11.9 Å². The third-order valence-corrected chi connectivity index (χ3v) is 6.53. The molecule has 0 aliphatic heterocycles. The molecule has 0 saturated heterocycles. The van der Waals surface area contributed by atoms with Crippen LogP contribution in [0.4, 0.5) is 5.82 Å². The van der Waals surface area contributed by atoms with Crippen molar-refractivity contribution in [2.45, 2.75) is 13.0 Å². The van der Waals surface area contributed by atoms with Gasteiger partial charge in [0.1, 0.15) is 11.4 Å². The molecule has 4 heterocycles. The molecule has 0 fully saturated rings. The Kier molecular flexibility index (Phi) is 6.15. The van der Waals surface area contributed by atoms with Crippen LogP contribution in [-0.4, -0.2) is 39.8 Å². The second kappa shape index (κ2) is 9.95. The first kappa shape index (κ1) is 24.7. The van der Waals surface area contributed by atoms with Gasteiger partial charge in [-0.15, -0.1) is 5.10 Å². The van der Waals surface area contributed by atoms with E-state index in [-0.39, 0.29) is 16.9 Å². The summed E-state index contributed by atoms with van der Waals surface area (Å²) in [6.45, 7) is 1.77. The van der Waals surface area contributed by atoms with Crippen molar-refractivity contribution in [2.75, 3.05) is 5.73 Å². The summed E-state index contributed by atoms with van der Waals surface area (Å²) in [5, 5.41) is 11.8. The highest BCUT2D eigenvalue weighted by Gasteiger charge is 2.24. The zero-order chi connectivity index (χ0) is 27.8. The molecule has 0 saturated carbocycles. The van der Waals surface area contributed by atoms with Crippen LogP contribution in [0.5, 0.6) is 0 Å². The second-order valence-electron chi connectivity index (χ2n) is 9.31. The number of aromatic nitrogens is 7. The number of nitrogens with one attached hydrogen (secondary N) is 1. The maximum Gasteiger partial charge on any atom is 0.266 e. The smallest absolute Gasteiger partial charge is 0.266 e. The van der Waals surface area contributed by atoms with Gasteiger partial charge in [-0.05, 0) is 36.8 Å². The van der Waals surface area contributed by atoms with Gasteiger partial charge in [-0.25, -0.2) is 14.5 Å². The second-order valence-corrected chi connectivity index (χ2v) is 9.31. The number of hydrogen-bond donors (Lipinski definition) is 2. The number of anilines is 1. The lowest BCUT2D eigenvalue weighted by Gasteiger charge is -2.20. The van der Waals surface area contributed by atoms with Gasteiger partial charge in [0.05, 0.1) is 28.8 Å². The lowest BCUT2D eigenvalue weighted by Crippen LogP contribution is -2.33. The number of carbonyl (C=O) groups is 1. The summed E-state index contributed by atoms with van der Waals surface area (Å²) in [7, 11) is 1.85. The summed E-state index contributed by atoms with van der Waals surface area (Å²) >= 11 is 0. The Balaban J connectivity index is 1.46.